The van der Waals surface area contributed by atoms with Crippen LogP contribution in [0.2, 0.25) is 0 Å². The second-order valence-corrected chi connectivity index (χ2v) is 4.04. The Kier molecular flexibility index (Phi) is 3.03. The van der Waals surface area contributed by atoms with Crippen molar-refractivity contribution in [2.75, 3.05) is 7.05 Å². The van der Waals surface area contributed by atoms with Gasteiger partial charge in [0, 0.05) is 18.0 Å². The van der Waals surface area contributed by atoms with Crippen LogP contribution in [0.1, 0.15) is 11.5 Å². The molecule has 78 valence electrons. The molecule has 2 aromatic rings. The molecule has 1 N–H and O–H groups in total. The van der Waals surface area contributed by atoms with Gasteiger partial charge in [0.05, 0.1) is 22.6 Å². The molecule has 0 amide bonds. The van der Waals surface area contributed by atoms with Gasteiger partial charge in [-0.15, -0.1) is 11.3 Å². The van der Waals surface area contributed by atoms with Gasteiger partial charge in [0.1, 0.15) is 5.82 Å². The van der Waals surface area contributed by atoms with E-state index in [9.17, 15) is 0 Å². The topological polar surface area (TPSA) is 50.7 Å². The molecule has 0 fully saturated rings. The first-order valence-corrected chi connectivity index (χ1v) is 5.55. The van der Waals surface area contributed by atoms with Crippen LogP contribution < -0.4 is 5.32 Å². The first-order chi connectivity index (χ1) is 7.31. The van der Waals surface area contributed by atoms with Crippen LogP contribution in [0.3, 0.4) is 0 Å². The van der Waals surface area contributed by atoms with Crippen molar-refractivity contribution in [2.24, 2.45) is 0 Å². The van der Waals surface area contributed by atoms with Crippen LogP contribution in [0.15, 0.2) is 17.9 Å². The quantitative estimate of drug-likeness (QED) is 0.854. The van der Waals surface area contributed by atoms with E-state index in [4.69, 9.17) is 0 Å². The van der Waals surface area contributed by atoms with Crippen LogP contribution in [0.25, 0.3) is 10.4 Å². The third-order valence-corrected chi connectivity index (χ3v) is 3.03. The molecule has 2 heterocycles. The highest BCUT2D eigenvalue weighted by Crippen LogP contribution is 2.25. The van der Waals surface area contributed by atoms with Crippen LogP contribution in [0, 0.1) is 6.92 Å². The number of hydrogen-bond acceptors (Lipinski definition) is 5. The highest BCUT2D eigenvalue weighted by molar-refractivity contribution is 7.13. The number of aromatic nitrogens is 3. The molecule has 0 radical (unpaired) electrons. The minimum atomic E-state index is 0.696. The third kappa shape index (κ3) is 2.19. The fraction of sp³-hybridized carbons (Fsp3) is 0.300. The van der Waals surface area contributed by atoms with E-state index in [2.05, 4.69) is 20.3 Å². The van der Waals surface area contributed by atoms with E-state index in [0.717, 1.165) is 22.0 Å². The Labute approximate surface area is 92.4 Å². The molecule has 0 bridgehead atoms. The van der Waals surface area contributed by atoms with Crippen molar-refractivity contribution in [1.82, 2.24) is 20.3 Å². The van der Waals surface area contributed by atoms with Crippen LogP contribution >= 0.6 is 11.3 Å². The number of aryl methyl sites for hydroxylation is 1. The summed E-state index contributed by atoms with van der Waals surface area (Å²) < 4.78 is 0. The Morgan fingerprint density at radius 3 is 2.53 bits per heavy atom. The molecule has 2 aromatic heterocycles. The molecule has 0 aliphatic carbocycles. The Balaban J connectivity index is 2.28. The molecule has 5 heteroatoms. The van der Waals surface area contributed by atoms with Gasteiger partial charge in [-0.1, -0.05) is 0 Å². The van der Waals surface area contributed by atoms with Gasteiger partial charge in [-0.2, -0.15) is 0 Å². The first kappa shape index (κ1) is 10.2. The number of rotatable bonds is 3. The van der Waals surface area contributed by atoms with E-state index in [1.165, 1.54) is 0 Å². The molecular weight excluding hydrogens is 208 g/mol. The van der Waals surface area contributed by atoms with Crippen molar-refractivity contribution in [3.63, 3.8) is 0 Å². The van der Waals surface area contributed by atoms with Gasteiger partial charge in [-0.3, -0.25) is 0 Å². The molecule has 0 unspecified atom stereocenters. The van der Waals surface area contributed by atoms with Crippen LogP contribution in [0.5, 0.6) is 0 Å². The number of thiazole rings is 1. The van der Waals surface area contributed by atoms with Crippen LogP contribution in [-0.4, -0.2) is 22.0 Å². The van der Waals surface area contributed by atoms with Crippen molar-refractivity contribution in [2.45, 2.75) is 13.5 Å². The maximum Gasteiger partial charge on any atom is 0.141 e. The van der Waals surface area contributed by atoms with Crippen LogP contribution in [-0.2, 0) is 6.54 Å². The molecular formula is C10H12N4S. The predicted octanol–water partition coefficient (Wildman–Crippen LogP) is 1.63. The van der Waals surface area contributed by atoms with Crippen molar-refractivity contribution >= 4 is 11.3 Å². The van der Waals surface area contributed by atoms with Crippen molar-refractivity contribution in [3.8, 4) is 10.4 Å². The zero-order chi connectivity index (χ0) is 10.7. The van der Waals surface area contributed by atoms with Gasteiger partial charge >= 0.3 is 0 Å². The molecule has 15 heavy (non-hydrogen) atoms. The number of hydrogen-bond donors (Lipinski definition) is 1. The molecule has 0 aliphatic heterocycles. The van der Waals surface area contributed by atoms with E-state index in [1.54, 1.807) is 11.3 Å². The highest BCUT2D eigenvalue weighted by Gasteiger charge is 2.05. The van der Waals surface area contributed by atoms with Crippen molar-refractivity contribution in [3.05, 3.63) is 29.4 Å². The fourth-order valence-corrected chi connectivity index (χ4v) is 2.08. The summed E-state index contributed by atoms with van der Waals surface area (Å²) in [5, 5.41) is 3.01. The molecule has 0 saturated heterocycles. The van der Waals surface area contributed by atoms with Gasteiger partial charge in [0.25, 0.3) is 0 Å². The maximum atomic E-state index is 4.27. The predicted molar refractivity (Wildman–Crippen MR) is 60.6 cm³/mol. The molecule has 2 rings (SSSR count). The smallest absolute Gasteiger partial charge is 0.141 e. The van der Waals surface area contributed by atoms with E-state index in [1.807, 2.05) is 31.9 Å². The monoisotopic (exact) mass is 220 g/mol. The fourth-order valence-electron chi connectivity index (χ4n) is 1.30. The van der Waals surface area contributed by atoms with Gasteiger partial charge in [-0.05, 0) is 14.0 Å². The Morgan fingerprint density at radius 1 is 1.27 bits per heavy atom. The SMILES string of the molecule is CNCc1ncc(-c2scnc2C)cn1. The average Bonchev–Trinajstić information content (AvgIpc) is 2.66. The summed E-state index contributed by atoms with van der Waals surface area (Å²) >= 11 is 1.62. The Bertz CT molecular complexity index is 435. The highest BCUT2D eigenvalue weighted by atomic mass is 32.1. The number of nitrogens with zero attached hydrogens (tertiary/aromatic N) is 3. The summed E-state index contributed by atoms with van der Waals surface area (Å²) in [6.07, 6.45) is 3.69. The number of nitrogens with one attached hydrogen (secondary N) is 1. The summed E-state index contributed by atoms with van der Waals surface area (Å²) in [7, 11) is 1.88. The van der Waals surface area contributed by atoms with Gasteiger partial charge < -0.3 is 5.32 Å². The first-order valence-electron chi connectivity index (χ1n) is 4.67. The largest absolute Gasteiger partial charge is 0.313 e. The standard InChI is InChI=1S/C10H12N4S/c1-7-10(15-6-14-7)8-3-12-9(5-11-2)13-4-8/h3-4,6,11H,5H2,1-2H3. The van der Waals surface area contributed by atoms with Gasteiger partial charge in [0.2, 0.25) is 0 Å². The normalized spacial score (nSPS) is 10.5. The zero-order valence-electron chi connectivity index (χ0n) is 8.69. The summed E-state index contributed by atoms with van der Waals surface area (Å²) in [4.78, 5) is 13.9. The summed E-state index contributed by atoms with van der Waals surface area (Å²) in [6, 6.07) is 0. The minimum absolute atomic E-state index is 0.696. The zero-order valence-corrected chi connectivity index (χ0v) is 9.51. The third-order valence-electron chi connectivity index (χ3n) is 2.05. The van der Waals surface area contributed by atoms with Crippen molar-refractivity contribution in [1.29, 1.82) is 0 Å². The summed E-state index contributed by atoms with van der Waals surface area (Å²) in [6.45, 7) is 2.69. The van der Waals surface area contributed by atoms with Gasteiger partial charge in [-0.25, -0.2) is 15.0 Å². The van der Waals surface area contributed by atoms with E-state index >= 15 is 0 Å². The second-order valence-electron chi connectivity index (χ2n) is 3.19. The minimum Gasteiger partial charge on any atom is -0.313 e. The summed E-state index contributed by atoms with van der Waals surface area (Å²) in [5.41, 5.74) is 3.91. The molecule has 0 saturated carbocycles. The maximum absolute atomic E-state index is 4.27. The molecule has 0 spiro atoms. The summed E-state index contributed by atoms with van der Waals surface area (Å²) in [5.74, 6) is 0.809. The lowest BCUT2D eigenvalue weighted by atomic mass is 10.2. The van der Waals surface area contributed by atoms with Gasteiger partial charge in [0.15, 0.2) is 0 Å². The molecule has 4 nitrogen and oxygen atoms in total. The lowest BCUT2D eigenvalue weighted by molar-refractivity contribution is 0.758. The lowest BCUT2D eigenvalue weighted by Gasteiger charge is -2.00. The average molecular weight is 220 g/mol. The molecule has 0 aromatic carbocycles. The van der Waals surface area contributed by atoms with E-state index in [-0.39, 0.29) is 0 Å². The molecule has 0 atom stereocenters. The molecule has 0 aliphatic rings. The van der Waals surface area contributed by atoms with E-state index in [0.29, 0.717) is 6.54 Å². The second kappa shape index (κ2) is 4.46. The van der Waals surface area contributed by atoms with Crippen LogP contribution in [0.4, 0.5) is 0 Å². The lowest BCUT2D eigenvalue weighted by Crippen LogP contribution is -2.08. The Morgan fingerprint density at radius 2 is 2.00 bits per heavy atom. The van der Waals surface area contributed by atoms with Crippen molar-refractivity contribution < 1.29 is 0 Å². The van der Waals surface area contributed by atoms with E-state index < -0.39 is 0 Å². The Hall–Kier alpha value is -1.33.